The van der Waals surface area contributed by atoms with Crippen molar-refractivity contribution in [3.63, 3.8) is 0 Å². The van der Waals surface area contributed by atoms with Crippen molar-refractivity contribution in [3.8, 4) is 11.3 Å². The number of hydrogen-bond acceptors (Lipinski definition) is 3. The van der Waals surface area contributed by atoms with Crippen LogP contribution in [0.25, 0.3) is 11.3 Å². The summed E-state index contributed by atoms with van der Waals surface area (Å²) >= 11 is 0. The summed E-state index contributed by atoms with van der Waals surface area (Å²) in [6.45, 7) is 1.50. The maximum Gasteiger partial charge on any atom is 0.251 e. The van der Waals surface area contributed by atoms with Gasteiger partial charge in [0.1, 0.15) is 11.6 Å². The maximum absolute atomic E-state index is 13.3. The molecule has 1 aliphatic heterocycles. The molecule has 0 aliphatic carbocycles. The van der Waals surface area contributed by atoms with E-state index in [2.05, 4.69) is 20.4 Å². The molecule has 1 fully saturated rings. The molecule has 0 unspecified atom stereocenters. The van der Waals surface area contributed by atoms with Gasteiger partial charge in [0, 0.05) is 30.8 Å². The van der Waals surface area contributed by atoms with E-state index in [-0.39, 0.29) is 17.8 Å². The molecule has 3 aromatic rings. The summed E-state index contributed by atoms with van der Waals surface area (Å²) in [4.78, 5) is 14.4. The number of nitrogens with one attached hydrogen (secondary N) is 2. The molecule has 1 aliphatic rings. The number of piperidine rings is 1. The average molecular weight is 382 g/mol. The third-order valence-electron chi connectivity index (χ3n) is 4.96. The van der Waals surface area contributed by atoms with E-state index >= 15 is 0 Å². The summed E-state index contributed by atoms with van der Waals surface area (Å²) in [5.41, 5.74) is 2.03. The van der Waals surface area contributed by atoms with Crippen LogP contribution in [0, 0.1) is 11.6 Å². The second kappa shape index (κ2) is 7.80. The van der Waals surface area contributed by atoms with Crippen LogP contribution in [-0.2, 0) is 0 Å². The standard InChI is InChI=1S/C21H20F2N4O/c22-16-6-4-14(5-7-16)19-13-20(26-25-19)27-10-8-18(9-11-27)24-21(28)15-2-1-3-17(23)12-15/h1-7,12-13,18H,8-11H2,(H,24,28)(H,25,26). The molecule has 0 spiro atoms. The highest BCUT2D eigenvalue weighted by molar-refractivity contribution is 5.94. The Labute approximate surface area is 161 Å². The summed E-state index contributed by atoms with van der Waals surface area (Å²) in [6, 6.07) is 13.9. The second-order valence-electron chi connectivity index (χ2n) is 6.89. The number of rotatable bonds is 4. The summed E-state index contributed by atoms with van der Waals surface area (Å²) < 4.78 is 26.3. The Morgan fingerprint density at radius 3 is 2.50 bits per heavy atom. The Hall–Kier alpha value is -3.22. The van der Waals surface area contributed by atoms with Crippen LogP contribution in [-0.4, -0.2) is 35.2 Å². The Balaban J connectivity index is 1.34. The first-order valence-electron chi connectivity index (χ1n) is 9.21. The Morgan fingerprint density at radius 2 is 1.79 bits per heavy atom. The number of benzene rings is 2. The van der Waals surface area contributed by atoms with Crippen LogP contribution < -0.4 is 10.2 Å². The molecule has 1 saturated heterocycles. The minimum atomic E-state index is -0.419. The van der Waals surface area contributed by atoms with Crippen LogP contribution in [0.5, 0.6) is 0 Å². The zero-order valence-corrected chi connectivity index (χ0v) is 15.2. The van der Waals surface area contributed by atoms with Gasteiger partial charge in [-0.1, -0.05) is 6.07 Å². The van der Waals surface area contributed by atoms with Gasteiger partial charge in [0.05, 0.1) is 5.69 Å². The van der Waals surface area contributed by atoms with E-state index in [0.717, 1.165) is 43.0 Å². The molecule has 2 aromatic carbocycles. The molecule has 1 aromatic heterocycles. The summed E-state index contributed by atoms with van der Waals surface area (Å²) in [5, 5.41) is 10.3. The molecule has 144 valence electrons. The summed E-state index contributed by atoms with van der Waals surface area (Å²) in [5.74, 6) is -0.116. The number of aromatic nitrogens is 2. The van der Waals surface area contributed by atoms with Gasteiger partial charge in [0.2, 0.25) is 0 Å². The Morgan fingerprint density at radius 1 is 1.04 bits per heavy atom. The number of H-pyrrole nitrogens is 1. The second-order valence-corrected chi connectivity index (χ2v) is 6.89. The lowest BCUT2D eigenvalue weighted by Crippen LogP contribution is -2.44. The fourth-order valence-corrected chi connectivity index (χ4v) is 3.40. The third kappa shape index (κ3) is 4.03. The normalized spacial score (nSPS) is 14.9. The number of nitrogens with zero attached hydrogens (tertiary/aromatic N) is 2. The predicted molar refractivity (Wildman–Crippen MR) is 103 cm³/mol. The fraction of sp³-hybridized carbons (Fsp3) is 0.238. The highest BCUT2D eigenvalue weighted by Gasteiger charge is 2.23. The quantitative estimate of drug-likeness (QED) is 0.722. The fourth-order valence-electron chi connectivity index (χ4n) is 3.40. The summed E-state index contributed by atoms with van der Waals surface area (Å²) in [6.07, 6.45) is 1.56. The van der Waals surface area contributed by atoms with Crippen LogP contribution in [0.4, 0.5) is 14.6 Å². The van der Waals surface area contributed by atoms with E-state index in [1.807, 2.05) is 6.07 Å². The highest BCUT2D eigenvalue weighted by Crippen LogP contribution is 2.24. The molecular weight excluding hydrogens is 362 g/mol. The monoisotopic (exact) mass is 382 g/mol. The molecule has 0 saturated carbocycles. The molecule has 1 amide bonds. The van der Waals surface area contributed by atoms with Crippen molar-refractivity contribution < 1.29 is 13.6 Å². The van der Waals surface area contributed by atoms with Gasteiger partial charge in [-0.05, 0) is 60.9 Å². The van der Waals surface area contributed by atoms with Crippen molar-refractivity contribution >= 4 is 11.7 Å². The molecule has 0 atom stereocenters. The van der Waals surface area contributed by atoms with Gasteiger partial charge in [0.15, 0.2) is 5.82 Å². The minimum Gasteiger partial charge on any atom is -0.355 e. The molecular formula is C21H20F2N4O. The van der Waals surface area contributed by atoms with Gasteiger partial charge in [-0.2, -0.15) is 5.10 Å². The van der Waals surface area contributed by atoms with Crippen molar-refractivity contribution in [1.82, 2.24) is 15.5 Å². The molecule has 5 nitrogen and oxygen atoms in total. The lowest BCUT2D eigenvalue weighted by atomic mass is 10.0. The average Bonchev–Trinajstić information content (AvgIpc) is 3.19. The molecule has 2 N–H and O–H groups in total. The maximum atomic E-state index is 13.3. The van der Waals surface area contributed by atoms with Crippen molar-refractivity contribution in [2.75, 3.05) is 18.0 Å². The Kier molecular flexibility index (Phi) is 5.06. The van der Waals surface area contributed by atoms with Crippen LogP contribution in [0.2, 0.25) is 0 Å². The molecule has 2 heterocycles. The summed E-state index contributed by atoms with van der Waals surface area (Å²) in [7, 11) is 0. The lowest BCUT2D eigenvalue weighted by Gasteiger charge is -2.32. The van der Waals surface area contributed by atoms with Crippen molar-refractivity contribution in [3.05, 3.63) is 71.8 Å². The lowest BCUT2D eigenvalue weighted by molar-refractivity contribution is 0.0930. The van der Waals surface area contributed by atoms with Crippen LogP contribution in [0.1, 0.15) is 23.2 Å². The smallest absolute Gasteiger partial charge is 0.251 e. The van der Waals surface area contributed by atoms with E-state index < -0.39 is 5.82 Å². The number of hydrogen-bond donors (Lipinski definition) is 2. The highest BCUT2D eigenvalue weighted by atomic mass is 19.1. The zero-order chi connectivity index (χ0) is 19.5. The van der Waals surface area contributed by atoms with Gasteiger partial charge in [0.25, 0.3) is 5.91 Å². The van der Waals surface area contributed by atoms with Crippen LogP contribution >= 0.6 is 0 Å². The van der Waals surface area contributed by atoms with Crippen LogP contribution in [0.3, 0.4) is 0 Å². The predicted octanol–water partition coefficient (Wildman–Crippen LogP) is 3.75. The molecule has 28 heavy (non-hydrogen) atoms. The van der Waals surface area contributed by atoms with Crippen molar-refractivity contribution in [2.24, 2.45) is 0 Å². The number of carbonyl (C=O) groups excluding carboxylic acids is 1. The topological polar surface area (TPSA) is 61.0 Å². The number of aromatic amines is 1. The van der Waals surface area contributed by atoms with Gasteiger partial charge >= 0.3 is 0 Å². The molecule has 4 rings (SSSR count). The van der Waals surface area contributed by atoms with Gasteiger partial charge in [-0.3, -0.25) is 9.89 Å². The SMILES string of the molecule is O=C(NC1CCN(c2cc(-c3ccc(F)cc3)[nH]n2)CC1)c1cccc(F)c1. The number of halogens is 2. The first-order valence-corrected chi connectivity index (χ1v) is 9.21. The van der Waals surface area contributed by atoms with Gasteiger partial charge in [-0.25, -0.2) is 8.78 Å². The van der Waals surface area contributed by atoms with E-state index in [0.29, 0.717) is 5.56 Å². The van der Waals surface area contributed by atoms with Gasteiger partial charge in [-0.15, -0.1) is 0 Å². The first kappa shape index (κ1) is 18.2. The largest absolute Gasteiger partial charge is 0.355 e. The van der Waals surface area contributed by atoms with E-state index in [1.54, 1.807) is 18.2 Å². The van der Waals surface area contributed by atoms with Crippen molar-refractivity contribution in [2.45, 2.75) is 18.9 Å². The minimum absolute atomic E-state index is 0.0440. The molecule has 0 bridgehead atoms. The van der Waals surface area contributed by atoms with E-state index in [4.69, 9.17) is 0 Å². The molecule has 7 heteroatoms. The van der Waals surface area contributed by atoms with E-state index in [9.17, 15) is 13.6 Å². The number of amides is 1. The first-order chi connectivity index (χ1) is 13.6. The Bertz CT molecular complexity index is 963. The third-order valence-corrected chi connectivity index (χ3v) is 4.96. The molecule has 0 radical (unpaired) electrons. The number of anilines is 1. The van der Waals surface area contributed by atoms with Crippen molar-refractivity contribution in [1.29, 1.82) is 0 Å². The zero-order valence-electron chi connectivity index (χ0n) is 15.2. The number of carbonyl (C=O) groups is 1. The van der Waals surface area contributed by atoms with Crippen LogP contribution in [0.15, 0.2) is 54.6 Å². The van der Waals surface area contributed by atoms with E-state index in [1.165, 1.54) is 30.3 Å². The van der Waals surface area contributed by atoms with Gasteiger partial charge < -0.3 is 10.2 Å².